The monoisotopic (exact) mass is 163 g/mol. The minimum Gasteiger partial charge on any atom is -0.496 e. The van der Waals surface area contributed by atoms with Crippen molar-refractivity contribution < 1.29 is 9.94 Å². The summed E-state index contributed by atoms with van der Waals surface area (Å²) in [6.07, 6.45) is 1.29. The van der Waals surface area contributed by atoms with Crippen molar-refractivity contribution in [3.8, 4) is 5.75 Å². The lowest BCUT2D eigenvalue weighted by molar-refractivity contribution is 0.321. The van der Waals surface area contributed by atoms with Crippen molar-refractivity contribution in [2.45, 2.75) is 0 Å². The van der Waals surface area contributed by atoms with Crippen molar-refractivity contribution >= 4 is 6.21 Å². The van der Waals surface area contributed by atoms with Crippen LogP contribution in [0.2, 0.25) is 0 Å². The molecule has 0 amide bonds. The van der Waals surface area contributed by atoms with Gasteiger partial charge in [0.2, 0.25) is 0 Å². The van der Waals surface area contributed by atoms with Gasteiger partial charge in [0.05, 0.1) is 13.3 Å². The van der Waals surface area contributed by atoms with E-state index >= 15 is 0 Å². The molecule has 0 aromatic heterocycles. The molecule has 0 saturated heterocycles. The van der Waals surface area contributed by atoms with Crippen LogP contribution in [0, 0.1) is 6.92 Å². The molecule has 0 heterocycles. The van der Waals surface area contributed by atoms with E-state index in [0.717, 1.165) is 0 Å². The minimum absolute atomic E-state index is 0.591. The number of methoxy groups -OCH3 is 1. The van der Waals surface area contributed by atoms with E-state index in [0.29, 0.717) is 16.9 Å². The molecule has 0 atom stereocenters. The molecule has 1 N–H and O–H groups in total. The second kappa shape index (κ2) is 3.76. The van der Waals surface area contributed by atoms with Gasteiger partial charge in [0.15, 0.2) is 0 Å². The van der Waals surface area contributed by atoms with Gasteiger partial charge in [-0.1, -0.05) is 11.2 Å². The first-order valence-corrected chi connectivity index (χ1v) is 3.39. The summed E-state index contributed by atoms with van der Waals surface area (Å²) >= 11 is 0. The average molecular weight is 163 g/mol. The van der Waals surface area contributed by atoms with Gasteiger partial charge in [0.25, 0.3) is 0 Å². The second-order valence-corrected chi connectivity index (χ2v) is 2.25. The van der Waals surface area contributed by atoms with Crippen molar-refractivity contribution in [3.05, 3.63) is 36.2 Å². The summed E-state index contributed by atoms with van der Waals surface area (Å²) in [6, 6.07) is 5.09. The molecule has 3 heteroatoms. The molecule has 0 aliphatic carbocycles. The lowest BCUT2D eigenvalue weighted by Crippen LogP contribution is -1.91. The van der Waals surface area contributed by atoms with Crippen LogP contribution < -0.4 is 4.74 Å². The fraction of sp³-hybridized carbons (Fsp3) is 0.111. The van der Waals surface area contributed by atoms with Gasteiger partial charge in [-0.2, -0.15) is 0 Å². The van der Waals surface area contributed by atoms with Crippen molar-refractivity contribution in [2.24, 2.45) is 5.16 Å². The predicted octanol–water partition coefficient (Wildman–Crippen LogP) is 1.56. The Balaban J connectivity index is 3.10. The van der Waals surface area contributed by atoms with Crippen molar-refractivity contribution in [2.75, 3.05) is 7.11 Å². The fourth-order valence-electron chi connectivity index (χ4n) is 0.897. The number of rotatable bonds is 2. The zero-order chi connectivity index (χ0) is 8.97. The summed E-state index contributed by atoms with van der Waals surface area (Å²) in [5, 5.41) is 11.2. The van der Waals surface area contributed by atoms with Crippen LogP contribution >= 0.6 is 0 Å². The molecule has 0 unspecified atom stereocenters. The second-order valence-electron chi connectivity index (χ2n) is 2.25. The van der Waals surface area contributed by atoms with Crippen LogP contribution in [0.4, 0.5) is 0 Å². The number of hydrogen-bond donors (Lipinski definition) is 1. The first-order chi connectivity index (χ1) is 5.77. The Morgan fingerprint density at radius 3 is 2.92 bits per heavy atom. The zero-order valence-electron chi connectivity index (χ0n) is 6.69. The van der Waals surface area contributed by atoms with E-state index in [1.165, 1.54) is 13.3 Å². The van der Waals surface area contributed by atoms with Crippen molar-refractivity contribution in [3.63, 3.8) is 0 Å². The van der Waals surface area contributed by atoms with E-state index in [1.807, 2.05) is 0 Å². The maximum Gasteiger partial charge on any atom is 0.128 e. The summed E-state index contributed by atoms with van der Waals surface area (Å²) in [5.74, 6) is 0.591. The average Bonchev–Trinajstić information content (AvgIpc) is 2.08. The van der Waals surface area contributed by atoms with Gasteiger partial charge in [-0.3, -0.25) is 0 Å². The molecule has 2 radical (unpaired) electrons. The van der Waals surface area contributed by atoms with Crippen molar-refractivity contribution in [1.82, 2.24) is 0 Å². The molecular weight excluding hydrogens is 154 g/mol. The molecule has 0 saturated carbocycles. The van der Waals surface area contributed by atoms with E-state index in [1.54, 1.807) is 18.2 Å². The topological polar surface area (TPSA) is 41.8 Å². The summed E-state index contributed by atoms with van der Waals surface area (Å²) in [4.78, 5) is 0. The SMILES string of the molecule is [CH]c1ccc(/C=N/O)c(OC)c1. The quantitative estimate of drug-likeness (QED) is 0.408. The molecule has 0 fully saturated rings. The lowest BCUT2D eigenvalue weighted by atomic mass is 10.1. The smallest absolute Gasteiger partial charge is 0.128 e. The van der Waals surface area contributed by atoms with Crippen LogP contribution in [0.15, 0.2) is 23.4 Å². The normalized spacial score (nSPS) is 10.5. The van der Waals surface area contributed by atoms with Gasteiger partial charge in [-0.05, 0) is 24.6 Å². The fourth-order valence-corrected chi connectivity index (χ4v) is 0.897. The summed E-state index contributed by atoms with van der Waals surface area (Å²) in [5.41, 5.74) is 1.30. The summed E-state index contributed by atoms with van der Waals surface area (Å²) in [6.45, 7) is 5.51. The molecule has 0 spiro atoms. The van der Waals surface area contributed by atoms with E-state index in [-0.39, 0.29) is 0 Å². The Morgan fingerprint density at radius 2 is 2.33 bits per heavy atom. The maximum absolute atomic E-state index is 8.29. The van der Waals surface area contributed by atoms with E-state index in [2.05, 4.69) is 5.16 Å². The zero-order valence-corrected chi connectivity index (χ0v) is 6.69. The van der Waals surface area contributed by atoms with Gasteiger partial charge in [-0.15, -0.1) is 0 Å². The van der Waals surface area contributed by atoms with E-state index in [4.69, 9.17) is 16.9 Å². The molecular formula is C9H9NO2. The third-order valence-corrected chi connectivity index (χ3v) is 1.45. The highest BCUT2D eigenvalue weighted by Gasteiger charge is 1.99. The van der Waals surface area contributed by atoms with Gasteiger partial charge < -0.3 is 9.94 Å². The molecule has 0 bridgehead atoms. The summed E-state index contributed by atoms with van der Waals surface area (Å²) < 4.78 is 5.00. The molecule has 12 heavy (non-hydrogen) atoms. The number of ether oxygens (including phenoxy) is 1. The van der Waals surface area contributed by atoms with Crippen LogP contribution in [-0.2, 0) is 0 Å². The largest absolute Gasteiger partial charge is 0.496 e. The molecule has 1 rings (SSSR count). The van der Waals surface area contributed by atoms with E-state index in [9.17, 15) is 0 Å². The van der Waals surface area contributed by atoms with Crippen LogP contribution in [0.25, 0.3) is 0 Å². The Bertz CT molecular complexity index is 295. The minimum atomic E-state index is 0.591. The van der Waals surface area contributed by atoms with Crippen LogP contribution in [0.5, 0.6) is 5.75 Å². The van der Waals surface area contributed by atoms with Crippen LogP contribution in [0.1, 0.15) is 11.1 Å². The molecule has 0 aliphatic rings. The molecule has 62 valence electrons. The van der Waals surface area contributed by atoms with Gasteiger partial charge in [0, 0.05) is 5.56 Å². The highest BCUT2D eigenvalue weighted by Crippen LogP contribution is 2.17. The predicted molar refractivity (Wildman–Crippen MR) is 45.8 cm³/mol. The first kappa shape index (κ1) is 8.59. The molecule has 1 aromatic carbocycles. The number of oxime groups is 1. The summed E-state index contributed by atoms with van der Waals surface area (Å²) in [7, 11) is 1.53. The third-order valence-electron chi connectivity index (χ3n) is 1.45. The number of benzene rings is 1. The van der Waals surface area contributed by atoms with Crippen LogP contribution in [0.3, 0.4) is 0 Å². The highest BCUT2D eigenvalue weighted by atomic mass is 16.5. The Kier molecular flexibility index (Phi) is 2.69. The molecule has 1 aromatic rings. The van der Waals surface area contributed by atoms with Gasteiger partial charge in [-0.25, -0.2) is 0 Å². The number of hydrogen-bond acceptors (Lipinski definition) is 3. The van der Waals surface area contributed by atoms with Gasteiger partial charge in [0.1, 0.15) is 5.75 Å². The maximum atomic E-state index is 8.29. The number of nitrogens with zero attached hydrogens (tertiary/aromatic N) is 1. The van der Waals surface area contributed by atoms with Crippen molar-refractivity contribution in [1.29, 1.82) is 0 Å². The Labute approximate surface area is 71.3 Å². The molecule has 3 nitrogen and oxygen atoms in total. The standard InChI is InChI=1S/C9H9NO2/c1-7-3-4-8(6-10-11)9(5-7)12-2/h1,3-6,11H,2H3/b10-6+. The van der Waals surface area contributed by atoms with Gasteiger partial charge >= 0.3 is 0 Å². The first-order valence-electron chi connectivity index (χ1n) is 3.39. The highest BCUT2D eigenvalue weighted by molar-refractivity contribution is 5.83. The Morgan fingerprint density at radius 1 is 1.58 bits per heavy atom. The van der Waals surface area contributed by atoms with E-state index < -0.39 is 0 Å². The Hall–Kier alpha value is -1.51. The lowest BCUT2D eigenvalue weighted by Gasteiger charge is -2.03. The molecule has 0 aliphatic heterocycles. The van der Waals surface area contributed by atoms with Crippen LogP contribution in [-0.4, -0.2) is 18.5 Å². The third kappa shape index (κ3) is 1.75.